The molecule has 0 unspecified atom stereocenters. The molecule has 0 atom stereocenters. The number of aryl methyl sites for hydroxylation is 1. The van der Waals surface area contributed by atoms with Gasteiger partial charge in [0.25, 0.3) is 0 Å². The van der Waals surface area contributed by atoms with Crippen LogP contribution in [0.3, 0.4) is 0 Å². The second-order valence-electron chi connectivity index (χ2n) is 9.18. The number of hydrogen-bond donors (Lipinski definition) is 2. The molecule has 4 nitrogen and oxygen atoms in total. The van der Waals surface area contributed by atoms with Crippen LogP contribution in [0, 0.1) is 12.3 Å². The summed E-state index contributed by atoms with van der Waals surface area (Å²) in [6, 6.07) is 15.2. The van der Waals surface area contributed by atoms with Crippen molar-refractivity contribution in [1.29, 1.82) is 0 Å². The van der Waals surface area contributed by atoms with E-state index in [1.807, 2.05) is 12.2 Å². The van der Waals surface area contributed by atoms with Crippen molar-refractivity contribution in [1.82, 2.24) is 0 Å². The van der Waals surface area contributed by atoms with Crippen LogP contribution in [0.2, 0.25) is 0 Å². The van der Waals surface area contributed by atoms with Gasteiger partial charge >= 0.3 is 5.97 Å². The first kappa shape index (κ1) is 24.0. The van der Waals surface area contributed by atoms with Crippen LogP contribution >= 0.6 is 0 Å². The third-order valence-corrected chi connectivity index (χ3v) is 5.83. The van der Waals surface area contributed by atoms with Crippen molar-refractivity contribution < 1.29 is 15.1 Å². The number of carboxylic acid groups (broad SMARTS) is 1. The van der Waals surface area contributed by atoms with Gasteiger partial charge < -0.3 is 10.3 Å². The summed E-state index contributed by atoms with van der Waals surface area (Å²) in [6.07, 6.45) is 14.7. The number of nitrogens with zero attached hydrogens (tertiary/aromatic N) is 1. The number of aromatic carboxylic acids is 1. The standard InChI is InChI=1S/C29H31NO3/c1-21-7-12-24(13-8-21)23-5-4-6-25(18-20-29(2,3)19-17-23)27(30-33)16-11-22-9-14-26(15-10-22)28(31)32/h4,6-18,33H,5,19-20H2,1-3H3,(H,31,32)/b6-4-,16-11+,23-17+,25-18+,30-27+. The predicted octanol–water partition coefficient (Wildman–Crippen LogP) is 7.31. The van der Waals surface area contributed by atoms with Crippen LogP contribution in [0.4, 0.5) is 0 Å². The number of allylic oxidation sites excluding steroid dienone is 7. The summed E-state index contributed by atoms with van der Waals surface area (Å²) in [4.78, 5) is 11.0. The maximum absolute atomic E-state index is 11.0. The van der Waals surface area contributed by atoms with Gasteiger partial charge in [0.15, 0.2) is 0 Å². The molecule has 2 aromatic rings. The molecular formula is C29H31NO3. The minimum absolute atomic E-state index is 0.0588. The van der Waals surface area contributed by atoms with Gasteiger partial charge in [0, 0.05) is 0 Å². The lowest BCUT2D eigenvalue weighted by Crippen LogP contribution is -2.10. The lowest BCUT2D eigenvalue weighted by Gasteiger charge is -2.23. The second kappa shape index (κ2) is 10.8. The third kappa shape index (κ3) is 6.91. The highest BCUT2D eigenvalue weighted by atomic mass is 16.4. The first-order chi connectivity index (χ1) is 15.8. The van der Waals surface area contributed by atoms with Crippen molar-refractivity contribution >= 4 is 23.3 Å². The fourth-order valence-corrected chi connectivity index (χ4v) is 3.63. The summed E-state index contributed by atoms with van der Waals surface area (Å²) < 4.78 is 0. The Balaban J connectivity index is 1.85. The average molecular weight is 442 g/mol. The van der Waals surface area contributed by atoms with Crippen LogP contribution in [0.5, 0.6) is 0 Å². The number of carbonyl (C=O) groups is 1. The molecule has 2 aromatic carbocycles. The Labute approximate surface area is 196 Å². The molecule has 0 heterocycles. The SMILES string of the molecule is Cc1ccc(/C2=C/CC(C)(C)C/C=C(C(/C=C/c3ccc(C(=O)O)cc3)=N/O)\C=C/C2)cc1. The molecule has 0 saturated carbocycles. The van der Waals surface area contributed by atoms with E-state index >= 15 is 0 Å². The molecule has 0 amide bonds. The fourth-order valence-electron chi connectivity index (χ4n) is 3.63. The maximum atomic E-state index is 11.0. The molecule has 170 valence electrons. The van der Waals surface area contributed by atoms with Crippen LogP contribution in [-0.4, -0.2) is 22.0 Å². The van der Waals surface area contributed by atoms with E-state index in [-0.39, 0.29) is 11.0 Å². The van der Waals surface area contributed by atoms with Gasteiger partial charge in [-0.2, -0.15) is 0 Å². The van der Waals surface area contributed by atoms with Crippen molar-refractivity contribution in [2.24, 2.45) is 10.6 Å². The summed E-state index contributed by atoms with van der Waals surface area (Å²) >= 11 is 0. The van der Waals surface area contributed by atoms with Crippen molar-refractivity contribution in [3.8, 4) is 0 Å². The summed E-state index contributed by atoms with van der Waals surface area (Å²) in [7, 11) is 0. The largest absolute Gasteiger partial charge is 0.478 e. The van der Waals surface area contributed by atoms with E-state index < -0.39 is 5.97 Å². The quantitative estimate of drug-likeness (QED) is 0.290. The van der Waals surface area contributed by atoms with Gasteiger partial charge in [0.05, 0.1) is 5.56 Å². The lowest BCUT2D eigenvalue weighted by atomic mass is 9.82. The van der Waals surface area contributed by atoms with Crippen LogP contribution in [0.25, 0.3) is 11.6 Å². The number of oxime groups is 1. The molecule has 1 aliphatic carbocycles. The maximum Gasteiger partial charge on any atom is 0.335 e. The molecule has 0 aromatic heterocycles. The van der Waals surface area contributed by atoms with E-state index in [9.17, 15) is 10.0 Å². The minimum Gasteiger partial charge on any atom is -0.478 e. The van der Waals surface area contributed by atoms with Crippen molar-refractivity contribution in [2.45, 2.75) is 40.0 Å². The Morgan fingerprint density at radius 1 is 1.00 bits per heavy atom. The molecule has 0 bridgehead atoms. The first-order valence-corrected chi connectivity index (χ1v) is 11.1. The van der Waals surface area contributed by atoms with Crippen molar-refractivity contribution in [3.05, 3.63) is 107 Å². The molecule has 0 spiro atoms. The summed E-state index contributed by atoms with van der Waals surface area (Å²) in [6.45, 7) is 6.58. The molecule has 0 fully saturated rings. The van der Waals surface area contributed by atoms with Crippen LogP contribution < -0.4 is 0 Å². The van der Waals surface area contributed by atoms with Crippen molar-refractivity contribution in [2.75, 3.05) is 0 Å². The molecule has 33 heavy (non-hydrogen) atoms. The monoisotopic (exact) mass is 441 g/mol. The zero-order valence-electron chi connectivity index (χ0n) is 19.5. The highest BCUT2D eigenvalue weighted by Crippen LogP contribution is 2.31. The van der Waals surface area contributed by atoms with Gasteiger partial charge in [-0.1, -0.05) is 91.3 Å². The molecule has 1 aliphatic rings. The summed E-state index contributed by atoms with van der Waals surface area (Å²) in [5, 5.41) is 22.3. The number of rotatable bonds is 5. The first-order valence-electron chi connectivity index (χ1n) is 11.1. The molecule has 0 aliphatic heterocycles. The Morgan fingerprint density at radius 2 is 1.67 bits per heavy atom. The van der Waals surface area contributed by atoms with Gasteiger partial charge in [0.1, 0.15) is 5.71 Å². The van der Waals surface area contributed by atoms with Crippen LogP contribution in [-0.2, 0) is 0 Å². The zero-order valence-corrected chi connectivity index (χ0v) is 19.5. The Kier molecular flexibility index (Phi) is 7.83. The fraction of sp³-hybridized carbons (Fsp3) is 0.241. The molecular weight excluding hydrogens is 410 g/mol. The van der Waals surface area contributed by atoms with Gasteiger partial charge in [0.2, 0.25) is 0 Å². The number of benzene rings is 2. The second-order valence-corrected chi connectivity index (χ2v) is 9.18. The normalized spacial score (nSPS) is 21.0. The Hall–Kier alpha value is -3.66. The number of hydrogen-bond acceptors (Lipinski definition) is 3. The van der Waals surface area contributed by atoms with Gasteiger partial charge in [-0.25, -0.2) is 4.79 Å². The van der Waals surface area contributed by atoms with E-state index in [0.717, 1.165) is 30.4 Å². The Morgan fingerprint density at radius 3 is 2.30 bits per heavy atom. The summed E-state index contributed by atoms with van der Waals surface area (Å²) in [5.74, 6) is -0.957. The van der Waals surface area contributed by atoms with Gasteiger partial charge in [-0.15, -0.1) is 0 Å². The van der Waals surface area contributed by atoms with Crippen molar-refractivity contribution in [3.63, 3.8) is 0 Å². The van der Waals surface area contributed by atoms with E-state index in [2.05, 4.69) is 68.4 Å². The molecule has 4 heteroatoms. The predicted molar refractivity (Wildman–Crippen MR) is 136 cm³/mol. The smallest absolute Gasteiger partial charge is 0.335 e. The van der Waals surface area contributed by atoms with E-state index in [1.54, 1.807) is 30.3 Å². The van der Waals surface area contributed by atoms with E-state index in [0.29, 0.717) is 5.71 Å². The minimum atomic E-state index is -0.957. The van der Waals surface area contributed by atoms with Crippen LogP contribution in [0.1, 0.15) is 60.2 Å². The highest BCUT2D eigenvalue weighted by molar-refractivity contribution is 6.12. The van der Waals surface area contributed by atoms with Gasteiger partial charge in [-0.3, -0.25) is 0 Å². The molecule has 2 N–H and O–H groups in total. The van der Waals surface area contributed by atoms with Crippen LogP contribution in [0.15, 0.2) is 89.6 Å². The molecule has 0 saturated heterocycles. The zero-order chi connectivity index (χ0) is 23.8. The lowest BCUT2D eigenvalue weighted by molar-refractivity contribution is 0.0697. The number of carboxylic acids is 1. The van der Waals surface area contributed by atoms with Gasteiger partial charge in [-0.05, 0) is 72.1 Å². The molecule has 3 rings (SSSR count). The topological polar surface area (TPSA) is 69.9 Å². The Bertz CT molecular complexity index is 1130. The van der Waals surface area contributed by atoms with E-state index in [1.165, 1.54) is 16.7 Å². The molecule has 0 radical (unpaired) electrons. The van der Waals surface area contributed by atoms with E-state index in [4.69, 9.17) is 5.11 Å². The average Bonchev–Trinajstić information content (AvgIpc) is 2.80. The summed E-state index contributed by atoms with van der Waals surface area (Å²) in [5.41, 5.74) is 6.21. The highest BCUT2D eigenvalue weighted by Gasteiger charge is 2.17. The third-order valence-electron chi connectivity index (χ3n) is 5.83.